The van der Waals surface area contributed by atoms with E-state index in [0.29, 0.717) is 11.7 Å². The molecule has 1 fully saturated rings. The van der Waals surface area contributed by atoms with E-state index < -0.39 is 0 Å². The molecule has 1 aliphatic rings. The largest absolute Gasteiger partial charge is 0.474 e. The topological polar surface area (TPSA) is 83.4 Å². The van der Waals surface area contributed by atoms with Gasteiger partial charge >= 0.3 is 0 Å². The number of piperidine rings is 1. The lowest BCUT2D eigenvalue weighted by molar-refractivity contribution is 0.115. The van der Waals surface area contributed by atoms with Crippen molar-refractivity contribution in [3.05, 3.63) is 73.4 Å². The molecule has 1 aromatic carbocycles. The highest BCUT2D eigenvalue weighted by molar-refractivity contribution is 5.90. The first-order valence-corrected chi connectivity index (χ1v) is 9.97. The highest BCUT2D eigenvalue weighted by atomic mass is 16.5. The fourth-order valence-corrected chi connectivity index (χ4v) is 3.55. The maximum absolute atomic E-state index is 9.36. The van der Waals surface area contributed by atoms with Crippen LogP contribution in [0.25, 0.3) is 10.9 Å². The molecule has 30 heavy (non-hydrogen) atoms. The minimum Gasteiger partial charge on any atom is -0.474 e. The number of rotatable bonds is 7. The zero-order valence-electron chi connectivity index (χ0n) is 16.8. The number of aliphatic hydroxyl groups is 1. The van der Waals surface area contributed by atoms with Crippen molar-refractivity contribution < 1.29 is 9.84 Å². The molecule has 0 atom stereocenters. The molecule has 0 radical (unpaired) electrons. The summed E-state index contributed by atoms with van der Waals surface area (Å²) in [6.45, 7) is 9.57. The van der Waals surface area contributed by atoms with E-state index in [-0.39, 0.29) is 12.7 Å². The molecule has 154 valence electrons. The Hall–Kier alpha value is -3.45. The van der Waals surface area contributed by atoms with Crippen LogP contribution in [0.5, 0.6) is 5.88 Å². The predicted molar refractivity (Wildman–Crippen MR) is 118 cm³/mol. The first-order valence-electron chi connectivity index (χ1n) is 9.97. The Morgan fingerprint density at radius 2 is 2.07 bits per heavy atom. The second-order valence-corrected chi connectivity index (χ2v) is 7.25. The molecule has 2 aromatic heterocycles. The first-order chi connectivity index (χ1) is 14.7. The molecule has 1 aliphatic heterocycles. The Balaban J connectivity index is 1.51. The van der Waals surface area contributed by atoms with E-state index in [0.717, 1.165) is 53.8 Å². The number of nitrogens with one attached hydrogen (secondary N) is 1. The highest BCUT2D eigenvalue weighted by Gasteiger charge is 2.21. The lowest BCUT2D eigenvalue weighted by Crippen LogP contribution is -2.37. The Labute approximate surface area is 175 Å². The van der Waals surface area contributed by atoms with Crippen molar-refractivity contribution in [2.75, 3.05) is 18.4 Å². The second kappa shape index (κ2) is 8.92. The number of allylic oxidation sites excluding steroid dienone is 1. The van der Waals surface area contributed by atoms with E-state index in [1.165, 1.54) is 6.33 Å². The van der Waals surface area contributed by atoms with Crippen molar-refractivity contribution in [3.63, 3.8) is 0 Å². The summed E-state index contributed by atoms with van der Waals surface area (Å²) >= 11 is 0. The fourth-order valence-electron chi connectivity index (χ4n) is 3.55. The molecule has 0 saturated carbocycles. The molecule has 0 unspecified atom stereocenters. The molecular formula is C23H25N5O2. The van der Waals surface area contributed by atoms with Crippen LogP contribution in [-0.4, -0.2) is 44.2 Å². The van der Waals surface area contributed by atoms with Gasteiger partial charge in [-0.25, -0.2) is 15.0 Å². The minimum atomic E-state index is -0.0130. The van der Waals surface area contributed by atoms with Crippen molar-refractivity contribution in [1.82, 2.24) is 19.9 Å². The third kappa shape index (κ3) is 4.41. The molecule has 3 heterocycles. The minimum absolute atomic E-state index is 0.0130. The fraction of sp³-hybridized carbons (Fsp3) is 0.261. The van der Waals surface area contributed by atoms with Crippen LogP contribution in [0.2, 0.25) is 0 Å². The second-order valence-electron chi connectivity index (χ2n) is 7.25. The van der Waals surface area contributed by atoms with Crippen LogP contribution in [0.15, 0.2) is 67.8 Å². The lowest BCUT2D eigenvalue weighted by atomic mass is 10.1. The number of hydrogen-bond donors (Lipinski definition) is 2. The quantitative estimate of drug-likeness (QED) is 0.581. The summed E-state index contributed by atoms with van der Waals surface area (Å²) in [7, 11) is 0. The summed E-state index contributed by atoms with van der Waals surface area (Å²) in [5, 5.41) is 13.5. The summed E-state index contributed by atoms with van der Waals surface area (Å²) in [5.74, 6) is 1.23. The van der Waals surface area contributed by atoms with Gasteiger partial charge in [-0.15, -0.1) is 0 Å². The SMILES string of the molecule is C=CC(=C)N1CCC(Oc2cc3c(Nc4cccc(CO)c4)ncnc3cn2)CC1. The number of ether oxygens (including phenoxy) is 1. The normalized spacial score (nSPS) is 14.5. The molecule has 1 saturated heterocycles. The van der Waals surface area contributed by atoms with Crippen molar-refractivity contribution >= 4 is 22.4 Å². The van der Waals surface area contributed by atoms with Gasteiger partial charge in [-0.1, -0.05) is 25.3 Å². The van der Waals surface area contributed by atoms with Crippen LogP contribution < -0.4 is 10.1 Å². The molecule has 7 heteroatoms. The maximum atomic E-state index is 9.36. The van der Waals surface area contributed by atoms with E-state index in [4.69, 9.17) is 4.74 Å². The zero-order valence-corrected chi connectivity index (χ0v) is 16.8. The van der Waals surface area contributed by atoms with Gasteiger partial charge in [-0.3, -0.25) is 0 Å². The van der Waals surface area contributed by atoms with Crippen LogP contribution >= 0.6 is 0 Å². The number of nitrogens with zero attached hydrogens (tertiary/aromatic N) is 4. The Bertz CT molecular complexity index is 1060. The van der Waals surface area contributed by atoms with Crippen molar-refractivity contribution in [2.45, 2.75) is 25.6 Å². The molecule has 2 N–H and O–H groups in total. The number of aliphatic hydroxyl groups excluding tert-OH is 1. The van der Waals surface area contributed by atoms with E-state index in [9.17, 15) is 5.11 Å². The van der Waals surface area contributed by atoms with Crippen LogP contribution in [0, 0.1) is 0 Å². The lowest BCUT2D eigenvalue weighted by Gasteiger charge is -2.33. The maximum Gasteiger partial charge on any atom is 0.214 e. The molecule has 3 aromatic rings. The number of hydrogen-bond acceptors (Lipinski definition) is 7. The van der Waals surface area contributed by atoms with Crippen molar-refractivity contribution in [3.8, 4) is 5.88 Å². The van der Waals surface area contributed by atoms with Crippen LogP contribution in [0.1, 0.15) is 18.4 Å². The van der Waals surface area contributed by atoms with Crippen molar-refractivity contribution in [1.29, 1.82) is 0 Å². The number of likely N-dealkylation sites (tertiary alicyclic amines) is 1. The number of aromatic nitrogens is 3. The third-order valence-electron chi connectivity index (χ3n) is 5.24. The summed E-state index contributed by atoms with van der Waals surface area (Å²) in [4.78, 5) is 15.3. The van der Waals surface area contributed by atoms with Gasteiger partial charge in [0.15, 0.2) is 0 Å². The van der Waals surface area contributed by atoms with Gasteiger partial charge in [0.05, 0.1) is 18.3 Å². The van der Waals surface area contributed by atoms with Gasteiger partial charge in [-0.2, -0.15) is 0 Å². The first kappa shape index (κ1) is 19.8. The predicted octanol–water partition coefficient (Wildman–Crippen LogP) is 3.80. The summed E-state index contributed by atoms with van der Waals surface area (Å²) < 4.78 is 6.16. The monoisotopic (exact) mass is 403 g/mol. The van der Waals surface area contributed by atoms with Gasteiger partial charge in [-0.05, 0) is 23.8 Å². The smallest absolute Gasteiger partial charge is 0.214 e. The standard InChI is InChI=1S/C23H25N5O2/c1-3-16(2)28-9-7-19(8-10-28)30-22-12-20-21(13-24-22)25-15-26-23(20)27-18-6-4-5-17(11-18)14-29/h3-6,11-13,15,19,29H,1-2,7-10,14H2,(H,25,26,27). The average Bonchev–Trinajstić information content (AvgIpc) is 2.79. The number of anilines is 2. The van der Waals surface area contributed by atoms with Crippen LogP contribution in [0.4, 0.5) is 11.5 Å². The highest BCUT2D eigenvalue weighted by Crippen LogP contribution is 2.27. The summed E-state index contributed by atoms with van der Waals surface area (Å²) in [6, 6.07) is 9.45. The van der Waals surface area contributed by atoms with E-state index in [2.05, 4.69) is 38.3 Å². The molecular weight excluding hydrogens is 378 g/mol. The molecule has 7 nitrogen and oxygen atoms in total. The van der Waals surface area contributed by atoms with E-state index in [1.807, 2.05) is 30.3 Å². The summed E-state index contributed by atoms with van der Waals surface area (Å²) in [6.07, 6.45) is 6.90. The van der Waals surface area contributed by atoms with Gasteiger partial charge in [0, 0.05) is 48.8 Å². The third-order valence-corrected chi connectivity index (χ3v) is 5.24. The number of benzene rings is 1. The average molecular weight is 403 g/mol. The van der Waals surface area contributed by atoms with Gasteiger partial charge in [0.2, 0.25) is 5.88 Å². The zero-order chi connectivity index (χ0) is 20.9. The van der Waals surface area contributed by atoms with E-state index >= 15 is 0 Å². The Morgan fingerprint density at radius 3 is 2.83 bits per heavy atom. The van der Waals surface area contributed by atoms with Crippen LogP contribution in [0.3, 0.4) is 0 Å². The molecule has 0 spiro atoms. The van der Waals surface area contributed by atoms with Gasteiger partial charge in [0.1, 0.15) is 18.2 Å². The number of pyridine rings is 1. The Kier molecular flexibility index (Phi) is 5.90. The van der Waals surface area contributed by atoms with Crippen molar-refractivity contribution in [2.24, 2.45) is 0 Å². The molecule has 0 aliphatic carbocycles. The molecule has 0 amide bonds. The Morgan fingerprint density at radius 1 is 1.23 bits per heavy atom. The van der Waals surface area contributed by atoms with Gasteiger partial charge in [0.25, 0.3) is 0 Å². The van der Waals surface area contributed by atoms with Crippen LogP contribution in [-0.2, 0) is 6.61 Å². The van der Waals surface area contributed by atoms with Gasteiger partial charge < -0.3 is 20.1 Å². The molecule has 4 rings (SSSR count). The molecule has 0 bridgehead atoms. The van der Waals surface area contributed by atoms with E-state index in [1.54, 1.807) is 12.3 Å². The number of fused-ring (bicyclic) bond motifs is 1. The summed E-state index contributed by atoms with van der Waals surface area (Å²) in [5.41, 5.74) is 3.36.